The highest BCUT2D eigenvalue weighted by Crippen LogP contribution is 2.31. The third kappa shape index (κ3) is 2.49. The van der Waals surface area contributed by atoms with Crippen LogP contribution in [-0.2, 0) is 0 Å². The fourth-order valence-electron chi connectivity index (χ4n) is 1.60. The molecule has 0 radical (unpaired) electrons. The van der Waals surface area contributed by atoms with Crippen LogP contribution in [0.25, 0.3) is 0 Å². The van der Waals surface area contributed by atoms with Crippen molar-refractivity contribution in [3.05, 3.63) is 56.4 Å². The van der Waals surface area contributed by atoms with Crippen molar-refractivity contribution in [3.63, 3.8) is 0 Å². The average Bonchev–Trinajstić information content (AvgIpc) is 2.76. The topological polar surface area (TPSA) is 51.2 Å². The summed E-state index contributed by atoms with van der Waals surface area (Å²) in [5.41, 5.74) is 2.14. The van der Waals surface area contributed by atoms with Crippen LogP contribution in [-0.4, -0.2) is 0 Å². The summed E-state index contributed by atoms with van der Waals surface area (Å²) in [4.78, 5) is 0. The van der Waals surface area contributed by atoms with E-state index in [1.807, 2.05) is 0 Å². The first-order valence-electron chi connectivity index (χ1n) is 4.89. The third-order valence-corrected chi connectivity index (χ3v) is 3.45. The van der Waals surface area contributed by atoms with Crippen LogP contribution in [0.15, 0.2) is 37.8 Å². The molecule has 0 spiro atoms. The molecule has 2 aromatic rings. The highest BCUT2D eigenvalue weighted by atomic mass is 79.9. The summed E-state index contributed by atoms with van der Waals surface area (Å²) in [6, 6.07) is 4.74. The van der Waals surface area contributed by atoms with Gasteiger partial charge in [-0.2, -0.15) is 0 Å². The van der Waals surface area contributed by atoms with Crippen molar-refractivity contribution in [3.8, 4) is 0 Å². The van der Waals surface area contributed by atoms with E-state index >= 15 is 0 Å². The number of rotatable bonds is 3. The van der Waals surface area contributed by atoms with Gasteiger partial charge in [-0.25, -0.2) is 14.2 Å². The fraction of sp³-hybridized carbons (Fsp3) is 0.0909. The molecule has 1 unspecified atom stereocenters. The summed E-state index contributed by atoms with van der Waals surface area (Å²) in [5.74, 6) is 4.25. The second-order valence-electron chi connectivity index (χ2n) is 3.50. The lowest BCUT2D eigenvalue weighted by molar-refractivity contribution is 0.416. The zero-order valence-corrected chi connectivity index (χ0v) is 12.1. The van der Waals surface area contributed by atoms with Gasteiger partial charge in [0.25, 0.3) is 0 Å². The molecule has 3 N–H and O–H groups in total. The Labute approximate surface area is 119 Å². The monoisotopic (exact) mass is 380 g/mol. The van der Waals surface area contributed by atoms with Gasteiger partial charge >= 0.3 is 0 Å². The number of nitrogens with two attached hydrogens (primary N) is 1. The van der Waals surface area contributed by atoms with Crippen molar-refractivity contribution in [1.29, 1.82) is 0 Å². The molecular formula is C11H8Br2F2N2O. The molecular weight excluding hydrogens is 374 g/mol. The van der Waals surface area contributed by atoms with E-state index in [4.69, 9.17) is 10.3 Å². The van der Waals surface area contributed by atoms with Crippen LogP contribution in [0.3, 0.4) is 0 Å². The van der Waals surface area contributed by atoms with Crippen LogP contribution in [0.2, 0.25) is 0 Å². The Bertz CT molecular complexity index is 574. The smallest absolute Gasteiger partial charge is 0.169 e. The summed E-state index contributed by atoms with van der Waals surface area (Å²) in [7, 11) is 0. The number of furan rings is 1. The zero-order valence-electron chi connectivity index (χ0n) is 8.88. The summed E-state index contributed by atoms with van der Waals surface area (Å²) in [6.45, 7) is 0. The van der Waals surface area contributed by atoms with Crippen LogP contribution in [0.1, 0.15) is 17.4 Å². The maximum Gasteiger partial charge on any atom is 0.169 e. The Hall–Kier alpha value is -0.760. The number of hydrogen-bond acceptors (Lipinski definition) is 3. The Morgan fingerprint density at radius 1 is 1.17 bits per heavy atom. The summed E-state index contributed by atoms with van der Waals surface area (Å²) < 4.78 is 33.6. The minimum absolute atomic E-state index is 0.157. The first kappa shape index (κ1) is 13.7. The molecule has 0 aliphatic carbocycles. The van der Waals surface area contributed by atoms with E-state index in [-0.39, 0.29) is 10.0 Å². The van der Waals surface area contributed by atoms with E-state index in [1.165, 1.54) is 6.07 Å². The SMILES string of the molecule is NNC(c1ccc(Br)o1)c1c(F)ccc(Br)c1F. The van der Waals surface area contributed by atoms with Gasteiger partial charge in [-0.15, -0.1) is 0 Å². The van der Waals surface area contributed by atoms with E-state index in [0.717, 1.165) is 6.07 Å². The van der Waals surface area contributed by atoms with Gasteiger partial charge in [-0.05, 0) is 56.1 Å². The van der Waals surface area contributed by atoms with Crippen molar-refractivity contribution in [2.75, 3.05) is 0 Å². The predicted octanol–water partition coefficient (Wildman–Crippen LogP) is 3.64. The Balaban J connectivity index is 2.55. The quantitative estimate of drug-likeness (QED) is 0.485. The van der Waals surface area contributed by atoms with Gasteiger partial charge in [0.2, 0.25) is 0 Å². The molecule has 18 heavy (non-hydrogen) atoms. The van der Waals surface area contributed by atoms with Gasteiger partial charge in [0, 0.05) is 0 Å². The number of benzene rings is 1. The van der Waals surface area contributed by atoms with E-state index in [0.29, 0.717) is 10.4 Å². The normalized spacial score (nSPS) is 12.7. The molecule has 0 aliphatic rings. The molecule has 3 nitrogen and oxygen atoms in total. The summed E-state index contributed by atoms with van der Waals surface area (Å²) in [5, 5.41) is 0. The van der Waals surface area contributed by atoms with Crippen LogP contribution in [0, 0.1) is 11.6 Å². The molecule has 2 rings (SSSR count). The van der Waals surface area contributed by atoms with Gasteiger partial charge in [0.05, 0.1) is 10.0 Å². The third-order valence-electron chi connectivity index (χ3n) is 2.41. The molecule has 7 heteroatoms. The Morgan fingerprint density at radius 2 is 1.89 bits per heavy atom. The molecule has 0 fully saturated rings. The number of nitrogens with one attached hydrogen (secondary N) is 1. The highest BCUT2D eigenvalue weighted by Gasteiger charge is 2.25. The summed E-state index contributed by atoms with van der Waals surface area (Å²) >= 11 is 6.13. The van der Waals surface area contributed by atoms with Gasteiger partial charge in [-0.3, -0.25) is 5.84 Å². The number of halogens is 4. The van der Waals surface area contributed by atoms with E-state index < -0.39 is 17.7 Å². The van der Waals surface area contributed by atoms with Crippen molar-refractivity contribution in [1.82, 2.24) is 5.43 Å². The van der Waals surface area contributed by atoms with E-state index in [2.05, 4.69) is 37.3 Å². The highest BCUT2D eigenvalue weighted by molar-refractivity contribution is 9.10. The van der Waals surface area contributed by atoms with Gasteiger partial charge < -0.3 is 4.42 Å². The Morgan fingerprint density at radius 3 is 2.44 bits per heavy atom. The van der Waals surface area contributed by atoms with Crippen LogP contribution in [0.4, 0.5) is 8.78 Å². The lowest BCUT2D eigenvalue weighted by Gasteiger charge is -2.16. The molecule has 1 aromatic heterocycles. The number of hydrogen-bond donors (Lipinski definition) is 2. The molecule has 0 saturated carbocycles. The first-order valence-corrected chi connectivity index (χ1v) is 6.48. The van der Waals surface area contributed by atoms with Crippen molar-refractivity contribution in [2.45, 2.75) is 6.04 Å². The number of hydrazine groups is 1. The fourth-order valence-corrected chi connectivity index (χ4v) is 2.26. The van der Waals surface area contributed by atoms with Crippen molar-refractivity contribution >= 4 is 31.9 Å². The summed E-state index contributed by atoms with van der Waals surface area (Å²) in [6.07, 6.45) is 0. The van der Waals surface area contributed by atoms with E-state index in [1.54, 1.807) is 12.1 Å². The molecule has 0 bridgehead atoms. The average molecular weight is 382 g/mol. The maximum absolute atomic E-state index is 14.0. The zero-order chi connectivity index (χ0) is 13.3. The standard InChI is InChI=1S/C11H8Br2F2N2O/c12-5-1-2-6(14)9(10(5)15)11(17-16)7-3-4-8(13)18-7/h1-4,11,17H,16H2. The van der Waals surface area contributed by atoms with Crippen molar-refractivity contribution in [2.24, 2.45) is 5.84 Å². The molecule has 96 valence electrons. The molecule has 1 heterocycles. The van der Waals surface area contributed by atoms with Crippen molar-refractivity contribution < 1.29 is 13.2 Å². The first-order chi connectivity index (χ1) is 8.54. The molecule has 0 saturated heterocycles. The van der Waals surface area contributed by atoms with Gasteiger partial charge in [-0.1, -0.05) is 0 Å². The molecule has 0 aliphatic heterocycles. The minimum atomic E-state index is -0.909. The second kappa shape index (κ2) is 5.48. The lowest BCUT2D eigenvalue weighted by Crippen LogP contribution is -2.30. The predicted molar refractivity (Wildman–Crippen MR) is 69.6 cm³/mol. The Kier molecular flexibility index (Phi) is 4.16. The second-order valence-corrected chi connectivity index (χ2v) is 5.13. The van der Waals surface area contributed by atoms with Gasteiger partial charge in [0.1, 0.15) is 23.4 Å². The van der Waals surface area contributed by atoms with Gasteiger partial charge in [0.15, 0.2) is 4.67 Å². The molecule has 0 amide bonds. The lowest BCUT2D eigenvalue weighted by atomic mass is 10.0. The molecule has 1 aromatic carbocycles. The van der Waals surface area contributed by atoms with Crippen LogP contribution < -0.4 is 11.3 Å². The van der Waals surface area contributed by atoms with Crippen LogP contribution >= 0.6 is 31.9 Å². The van der Waals surface area contributed by atoms with Crippen LogP contribution in [0.5, 0.6) is 0 Å². The largest absolute Gasteiger partial charge is 0.452 e. The minimum Gasteiger partial charge on any atom is -0.452 e. The van der Waals surface area contributed by atoms with E-state index in [9.17, 15) is 8.78 Å². The molecule has 1 atom stereocenters. The maximum atomic E-state index is 14.0.